The van der Waals surface area contributed by atoms with E-state index in [-0.39, 0.29) is 11.2 Å². The third kappa shape index (κ3) is 4.53. The summed E-state index contributed by atoms with van der Waals surface area (Å²) in [6, 6.07) is 14.1. The SMILES string of the molecule is Cc1ccc(Nc2nc(N3CCN(c4ccccn4)CC3)nc3c2C(=O)CC(C)(C)C3)cc1. The number of ketones is 1. The Kier molecular flexibility index (Phi) is 5.48. The zero-order valence-electron chi connectivity index (χ0n) is 19.5. The second-order valence-corrected chi connectivity index (χ2v) is 9.79. The first kappa shape index (κ1) is 21.4. The monoisotopic (exact) mass is 442 g/mol. The number of hydrogen-bond donors (Lipinski definition) is 1. The van der Waals surface area contributed by atoms with Crippen molar-refractivity contribution < 1.29 is 4.79 Å². The van der Waals surface area contributed by atoms with Crippen molar-refractivity contribution >= 4 is 29.1 Å². The Labute approximate surface area is 194 Å². The normalized spacial score (nSPS) is 17.6. The first-order valence-electron chi connectivity index (χ1n) is 11.6. The number of carbonyl (C=O) groups is 1. The Bertz CT molecular complexity index is 1150. The molecule has 7 nitrogen and oxygen atoms in total. The van der Waals surface area contributed by atoms with Crippen LogP contribution in [0, 0.1) is 12.3 Å². The van der Waals surface area contributed by atoms with Gasteiger partial charge in [-0.3, -0.25) is 4.79 Å². The lowest BCUT2D eigenvalue weighted by Crippen LogP contribution is -2.47. The van der Waals surface area contributed by atoms with Gasteiger partial charge in [0.2, 0.25) is 5.95 Å². The first-order chi connectivity index (χ1) is 15.9. The third-order valence-corrected chi connectivity index (χ3v) is 6.39. The summed E-state index contributed by atoms with van der Waals surface area (Å²) < 4.78 is 0. The fraction of sp³-hybridized carbons (Fsp3) is 0.385. The van der Waals surface area contributed by atoms with E-state index in [1.165, 1.54) is 5.56 Å². The Balaban J connectivity index is 1.45. The highest BCUT2D eigenvalue weighted by Gasteiger charge is 2.35. The second-order valence-electron chi connectivity index (χ2n) is 9.79. The Morgan fingerprint density at radius 1 is 0.909 bits per heavy atom. The number of rotatable bonds is 4. The van der Waals surface area contributed by atoms with Crippen LogP contribution < -0.4 is 15.1 Å². The predicted octanol–water partition coefficient (Wildman–Crippen LogP) is 4.41. The topological polar surface area (TPSA) is 74.2 Å². The molecule has 1 fully saturated rings. The summed E-state index contributed by atoms with van der Waals surface area (Å²) in [4.78, 5) is 31.9. The van der Waals surface area contributed by atoms with E-state index in [1.807, 2.05) is 36.5 Å². The highest BCUT2D eigenvalue weighted by atomic mass is 16.1. The molecule has 1 aromatic carbocycles. The van der Waals surface area contributed by atoms with Crippen LogP contribution in [0.3, 0.4) is 0 Å². The maximum absolute atomic E-state index is 13.1. The molecule has 1 N–H and O–H groups in total. The molecule has 0 amide bonds. The highest BCUT2D eigenvalue weighted by molar-refractivity contribution is 6.03. The van der Waals surface area contributed by atoms with Gasteiger partial charge in [-0.2, -0.15) is 4.98 Å². The Hall–Kier alpha value is -3.48. The summed E-state index contributed by atoms with van der Waals surface area (Å²) in [6.07, 6.45) is 3.10. The molecule has 7 heteroatoms. The average Bonchev–Trinajstić information content (AvgIpc) is 2.80. The van der Waals surface area contributed by atoms with Gasteiger partial charge in [0.15, 0.2) is 5.78 Å². The fourth-order valence-electron chi connectivity index (χ4n) is 4.64. The molecule has 0 radical (unpaired) electrons. The van der Waals surface area contributed by atoms with Gasteiger partial charge in [-0.1, -0.05) is 37.6 Å². The summed E-state index contributed by atoms with van der Waals surface area (Å²) in [7, 11) is 0. The zero-order valence-corrected chi connectivity index (χ0v) is 19.5. The molecule has 1 aliphatic carbocycles. The molecule has 0 saturated carbocycles. The number of aromatic nitrogens is 3. The zero-order chi connectivity index (χ0) is 23.0. The summed E-state index contributed by atoms with van der Waals surface area (Å²) >= 11 is 0. The molecule has 0 atom stereocenters. The first-order valence-corrected chi connectivity index (χ1v) is 11.6. The molecule has 2 aromatic heterocycles. The van der Waals surface area contributed by atoms with Crippen LogP contribution in [-0.4, -0.2) is 46.9 Å². The number of carbonyl (C=O) groups excluding carboxylic acids is 1. The van der Waals surface area contributed by atoms with Crippen LogP contribution in [0.15, 0.2) is 48.7 Å². The van der Waals surface area contributed by atoms with Crippen molar-refractivity contribution in [3.05, 3.63) is 65.5 Å². The van der Waals surface area contributed by atoms with Gasteiger partial charge in [0.05, 0.1) is 11.3 Å². The molecule has 1 saturated heterocycles. The van der Waals surface area contributed by atoms with Crippen LogP contribution in [0.2, 0.25) is 0 Å². The molecule has 0 bridgehead atoms. The van der Waals surface area contributed by atoms with Crippen LogP contribution >= 0.6 is 0 Å². The molecular formula is C26H30N6O. The van der Waals surface area contributed by atoms with E-state index in [0.29, 0.717) is 23.8 Å². The maximum atomic E-state index is 13.1. The van der Waals surface area contributed by atoms with Crippen LogP contribution in [0.25, 0.3) is 0 Å². The van der Waals surface area contributed by atoms with Gasteiger partial charge in [0.1, 0.15) is 11.6 Å². The van der Waals surface area contributed by atoms with E-state index in [0.717, 1.165) is 49.8 Å². The van der Waals surface area contributed by atoms with Crippen LogP contribution in [0.4, 0.5) is 23.3 Å². The number of fused-ring (bicyclic) bond motifs is 1. The number of pyridine rings is 1. The number of nitrogens with zero attached hydrogens (tertiary/aromatic N) is 5. The van der Waals surface area contributed by atoms with E-state index in [2.05, 4.69) is 53.0 Å². The number of anilines is 4. The largest absolute Gasteiger partial charge is 0.353 e. The molecule has 3 aromatic rings. The number of aryl methyl sites for hydroxylation is 1. The fourth-order valence-corrected chi connectivity index (χ4v) is 4.64. The number of Topliss-reactive ketones (excluding diaryl/α,β-unsaturated/α-hetero) is 1. The van der Waals surface area contributed by atoms with Crippen LogP contribution in [-0.2, 0) is 6.42 Å². The minimum absolute atomic E-state index is 0.103. The van der Waals surface area contributed by atoms with Crippen molar-refractivity contribution in [3.8, 4) is 0 Å². The Morgan fingerprint density at radius 3 is 2.33 bits per heavy atom. The predicted molar refractivity (Wildman–Crippen MR) is 132 cm³/mol. The van der Waals surface area contributed by atoms with E-state index in [1.54, 1.807) is 0 Å². The van der Waals surface area contributed by atoms with Gasteiger partial charge in [-0.05, 0) is 43.0 Å². The molecule has 170 valence electrons. The molecule has 2 aliphatic rings. The van der Waals surface area contributed by atoms with Gasteiger partial charge in [0, 0.05) is 44.5 Å². The molecule has 3 heterocycles. The van der Waals surface area contributed by atoms with Gasteiger partial charge >= 0.3 is 0 Å². The van der Waals surface area contributed by atoms with Gasteiger partial charge < -0.3 is 15.1 Å². The summed E-state index contributed by atoms with van der Waals surface area (Å²) in [5.41, 5.74) is 3.50. The Morgan fingerprint density at radius 2 is 1.64 bits per heavy atom. The molecular weight excluding hydrogens is 412 g/mol. The van der Waals surface area contributed by atoms with Gasteiger partial charge in [0.25, 0.3) is 0 Å². The average molecular weight is 443 g/mol. The van der Waals surface area contributed by atoms with Crippen molar-refractivity contribution in [2.24, 2.45) is 5.41 Å². The van der Waals surface area contributed by atoms with E-state index < -0.39 is 0 Å². The highest BCUT2D eigenvalue weighted by Crippen LogP contribution is 2.38. The minimum Gasteiger partial charge on any atom is -0.353 e. The molecule has 5 rings (SSSR count). The lowest BCUT2D eigenvalue weighted by Gasteiger charge is -2.36. The van der Waals surface area contributed by atoms with Crippen molar-refractivity contribution in [1.29, 1.82) is 0 Å². The lowest BCUT2D eigenvalue weighted by molar-refractivity contribution is 0.0911. The summed E-state index contributed by atoms with van der Waals surface area (Å²) in [5.74, 6) is 2.42. The van der Waals surface area contributed by atoms with Gasteiger partial charge in [-0.15, -0.1) is 0 Å². The minimum atomic E-state index is -0.103. The number of benzene rings is 1. The standard InChI is InChI=1S/C26H30N6O/c1-18-7-9-19(10-8-18)28-24-23-20(16-26(2,3)17-21(23)33)29-25(30-24)32-14-12-31(13-15-32)22-6-4-5-11-27-22/h4-11H,12-17H2,1-3H3,(H,28,29,30). The van der Waals surface area contributed by atoms with Crippen molar-refractivity contribution in [1.82, 2.24) is 15.0 Å². The van der Waals surface area contributed by atoms with E-state index in [9.17, 15) is 4.79 Å². The van der Waals surface area contributed by atoms with Crippen molar-refractivity contribution in [2.75, 3.05) is 41.3 Å². The second kappa shape index (κ2) is 8.46. The van der Waals surface area contributed by atoms with Crippen LogP contribution in [0.5, 0.6) is 0 Å². The lowest BCUT2D eigenvalue weighted by atomic mass is 9.75. The summed E-state index contributed by atoms with van der Waals surface area (Å²) in [6.45, 7) is 9.63. The number of hydrogen-bond acceptors (Lipinski definition) is 7. The van der Waals surface area contributed by atoms with E-state index in [4.69, 9.17) is 9.97 Å². The van der Waals surface area contributed by atoms with E-state index >= 15 is 0 Å². The number of nitrogens with one attached hydrogen (secondary N) is 1. The molecule has 33 heavy (non-hydrogen) atoms. The molecule has 1 aliphatic heterocycles. The van der Waals surface area contributed by atoms with Crippen LogP contribution in [0.1, 0.15) is 41.9 Å². The molecule has 0 unspecified atom stereocenters. The quantitative estimate of drug-likeness (QED) is 0.642. The van der Waals surface area contributed by atoms with Gasteiger partial charge in [-0.25, -0.2) is 9.97 Å². The maximum Gasteiger partial charge on any atom is 0.227 e. The van der Waals surface area contributed by atoms with Crippen molar-refractivity contribution in [2.45, 2.75) is 33.6 Å². The third-order valence-electron chi connectivity index (χ3n) is 6.39. The number of piperazine rings is 1. The summed E-state index contributed by atoms with van der Waals surface area (Å²) in [5, 5.41) is 3.41. The smallest absolute Gasteiger partial charge is 0.227 e. The molecule has 0 spiro atoms. The van der Waals surface area contributed by atoms with Crippen molar-refractivity contribution in [3.63, 3.8) is 0 Å².